The quantitative estimate of drug-likeness (QED) is 0.628. The summed E-state index contributed by atoms with van der Waals surface area (Å²) < 4.78 is 0. The lowest BCUT2D eigenvalue weighted by molar-refractivity contribution is -0.113. The van der Waals surface area contributed by atoms with Crippen LogP contribution in [0.5, 0.6) is 0 Å². The Morgan fingerprint density at radius 2 is 1.96 bits per heavy atom. The standard InChI is InChI=1S/C18H17ClN4OS/c1-2-12-5-3-4-6-15(12)20-16(24)11-25-18-21-17(22-23-18)13-7-9-14(19)10-8-13/h3-10H,2,11H2,1H3,(H,20,24)(H,21,22,23). The van der Waals surface area contributed by atoms with Gasteiger partial charge in [0, 0.05) is 16.3 Å². The molecule has 25 heavy (non-hydrogen) atoms. The predicted octanol–water partition coefficient (Wildman–Crippen LogP) is 4.42. The molecule has 1 amide bonds. The Bertz CT molecular complexity index is 864. The molecule has 0 aliphatic rings. The minimum absolute atomic E-state index is 0.0799. The lowest BCUT2D eigenvalue weighted by Crippen LogP contribution is -2.15. The van der Waals surface area contributed by atoms with Crippen LogP contribution in [0.15, 0.2) is 53.7 Å². The van der Waals surface area contributed by atoms with Crippen molar-refractivity contribution in [2.45, 2.75) is 18.5 Å². The number of aromatic nitrogens is 3. The molecule has 0 saturated carbocycles. The van der Waals surface area contributed by atoms with Gasteiger partial charge in [-0.15, -0.1) is 5.10 Å². The van der Waals surface area contributed by atoms with Gasteiger partial charge in [-0.05, 0) is 42.3 Å². The van der Waals surface area contributed by atoms with Gasteiger partial charge >= 0.3 is 0 Å². The highest BCUT2D eigenvalue weighted by Crippen LogP contribution is 2.21. The van der Waals surface area contributed by atoms with E-state index in [0.717, 1.165) is 23.2 Å². The van der Waals surface area contributed by atoms with E-state index in [2.05, 4.69) is 27.4 Å². The molecule has 0 aliphatic heterocycles. The molecule has 2 N–H and O–H groups in total. The third kappa shape index (κ3) is 4.61. The number of hydrogen-bond donors (Lipinski definition) is 2. The fourth-order valence-electron chi connectivity index (χ4n) is 2.31. The van der Waals surface area contributed by atoms with Crippen LogP contribution in [-0.2, 0) is 11.2 Å². The van der Waals surface area contributed by atoms with Crippen LogP contribution in [-0.4, -0.2) is 26.8 Å². The van der Waals surface area contributed by atoms with E-state index in [-0.39, 0.29) is 11.7 Å². The van der Waals surface area contributed by atoms with Crippen molar-refractivity contribution >= 4 is 35.0 Å². The molecule has 2 aromatic carbocycles. The molecule has 0 spiro atoms. The first-order valence-electron chi connectivity index (χ1n) is 7.84. The predicted molar refractivity (Wildman–Crippen MR) is 102 cm³/mol. The number of nitrogens with zero attached hydrogens (tertiary/aromatic N) is 2. The Morgan fingerprint density at radius 1 is 1.20 bits per heavy atom. The second-order valence-corrected chi connectivity index (χ2v) is 6.70. The second-order valence-electron chi connectivity index (χ2n) is 5.32. The molecule has 0 atom stereocenters. The summed E-state index contributed by atoms with van der Waals surface area (Å²) in [5.74, 6) is 0.815. The molecule has 0 saturated heterocycles. The number of benzene rings is 2. The van der Waals surface area contributed by atoms with Crippen LogP contribution < -0.4 is 5.32 Å². The summed E-state index contributed by atoms with van der Waals surface area (Å²) in [6.07, 6.45) is 0.870. The van der Waals surface area contributed by atoms with Gasteiger partial charge in [0.25, 0.3) is 0 Å². The van der Waals surface area contributed by atoms with Crippen LogP contribution in [0.3, 0.4) is 0 Å². The van der Waals surface area contributed by atoms with E-state index in [1.54, 1.807) is 12.1 Å². The largest absolute Gasteiger partial charge is 0.325 e. The number of thioether (sulfide) groups is 1. The van der Waals surface area contributed by atoms with E-state index in [0.29, 0.717) is 16.0 Å². The highest BCUT2D eigenvalue weighted by molar-refractivity contribution is 7.99. The number of H-pyrrole nitrogens is 1. The molecule has 3 aromatic rings. The van der Waals surface area contributed by atoms with E-state index in [1.165, 1.54) is 11.8 Å². The highest BCUT2D eigenvalue weighted by atomic mass is 35.5. The summed E-state index contributed by atoms with van der Waals surface area (Å²) in [6.45, 7) is 2.06. The van der Waals surface area contributed by atoms with Gasteiger partial charge in [-0.1, -0.05) is 48.5 Å². The summed E-state index contributed by atoms with van der Waals surface area (Å²) in [4.78, 5) is 16.6. The first-order valence-corrected chi connectivity index (χ1v) is 9.21. The number of halogens is 1. The van der Waals surface area contributed by atoms with Gasteiger partial charge in [-0.2, -0.15) is 0 Å². The normalized spacial score (nSPS) is 10.6. The molecule has 0 bridgehead atoms. The zero-order chi connectivity index (χ0) is 17.6. The Kier molecular flexibility index (Phi) is 5.73. The number of aryl methyl sites for hydroxylation is 1. The molecule has 0 aliphatic carbocycles. The average Bonchev–Trinajstić information content (AvgIpc) is 3.10. The van der Waals surface area contributed by atoms with Crippen molar-refractivity contribution in [3.8, 4) is 11.4 Å². The monoisotopic (exact) mass is 372 g/mol. The molecule has 1 aromatic heterocycles. The molecule has 0 radical (unpaired) electrons. The average molecular weight is 373 g/mol. The van der Waals surface area contributed by atoms with E-state index < -0.39 is 0 Å². The SMILES string of the molecule is CCc1ccccc1NC(=O)CSc1n[nH]c(-c2ccc(Cl)cc2)n1. The maximum atomic E-state index is 12.2. The van der Waals surface area contributed by atoms with Crippen molar-refractivity contribution in [1.29, 1.82) is 0 Å². The number of carbonyl (C=O) groups is 1. The molecule has 0 unspecified atom stereocenters. The smallest absolute Gasteiger partial charge is 0.234 e. The molecule has 5 nitrogen and oxygen atoms in total. The maximum Gasteiger partial charge on any atom is 0.234 e. The second kappa shape index (κ2) is 8.18. The van der Waals surface area contributed by atoms with Gasteiger partial charge in [0.05, 0.1) is 5.75 Å². The zero-order valence-corrected chi connectivity index (χ0v) is 15.2. The lowest BCUT2D eigenvalue weighted by Gasteiger charge is -2.08. The molecule has 128 valence electrons. The number of rotatable bonds is 6. The van der Waals surface area contributed by atoms with Gasteiger partial charge in [0.2, 0.25) is 11.1 Å². The Balaban J connectivity index is 1.58. The van der Waals surface area contributed by atoms with Crippen molar-refractivity contribution in [3.63, 3.8) is 0 Å². The molecular formula is C18H17ClN4OS. The number of para-hydroxylation sites is 1. The first-order chi connectivity index (χ1) is 12.2. The van der Waals surface area contributed by atoms with Crippen molar-refractivity contribution in [1.82, 2.24) is 15.2 Å². The Labute approximate surface area is 155 Å². The molecule has 1 heterocycles. The third-order valence-corrected chi connectivity index (χ3v) is 4.69. The minimum atomic E-state index is -0.0799. The van der Waals surface area contributed by atoms with Crippen LogP contribution in [0.25, 0.3) is 11.4 Å². The van der Waals surface area contributed by atoms with Crippen molar-refractivity contribution in [2.24, 2.45) is 0 Å². The third-order valence-electron chi connectivity index (χ3n) is 3.59. The lowest BCUT2D eigenvalue weighted by atomic mass is 10.1. The number of carbonyl (C=O) groups excluding carboxylic acids is 1. The summed E-state index contributed by atoms with van der Waals surface area (Å²) in [7, 11) is 0. The molecular weight excluding hydrogens is 356 g/mol. The van der Waals surface area contributed by atoms with Gasteiger partial charge in [0.15, 0.2) is 5.82 Å². The minimum Gasteiger partial charge on any atom is -0.325 e. The number of aromatic amines is 1. The molecule has 0 fully saturated rings. The number of anilines is 1. The Morgan fingerprint density at radius 3 is 2.72 bits per heavy atom. The van der Waals surface area contributed by atoms with Gasteiger partial charge in [0.1, 0.15) is 0 Å². The molecule has 3 rings (SSSR count). The van der Waals surface area contributed by atoms with Crippen LogP contribution in [0, 0.1) is 0 Å². The van der Waals surface area contributed by atoms with Crippen LogP contribution in [0.1, 0.15) is 12.5 Å². The highest BCUT2D eigenvalue weighted by Gasteiger charge is 2.10. The fraction of sp³-hybridized carbons (Fsp3) is 0.167. The topological polar surface area (TPSA) is 70.7 Å². The zero-order valence-electron chi connectivity index (χ0n) is 13.6. The summed E-state index contributed by atoms with van der Waals surface area (Å²) in [5.41, 5.74) is 2.86. The van der Waals surface area contributed by atoms with Crippen molar-refractivity contribution in [2.75, 3.05) is 11.1 Å². The van der Waals surface area contributed by atoms with Gasteiger partial charge in [-0.3, -0.25) is 9.89 Å². The van der Waals surface area contributed by atoms with E-state index in [9.17, 15) is 4.79 Å². The van der Waals surface area contributed by atoms with E-state index in [4.69, 9.17) is 11.6 Å². The summed E-state index contributed by atoms with van der Waals surface area (Å²) in [5, 5.41) is 11.2. The summed E-state index contributed by atoms with van der Waals surface area (Å²) >= 11 is 7.17. The first kappa shape index (κ1) is 17.5. The van der Waals surface area contributed by atoms with Crippen LogP contribution in [0.2, 0.25) is 5.02 Å². The van der Waals surface area contributed by atoms with Crippen molar-refractivity contribution < 1.29 is 4.79 Å². The summed E-state index contributed by atoms with van der Waals surface area (Å²) in [6, 6.07) is 15.1. The molecule has 7 heteroatoms. The number of hydrogen-bond acceptors (Lipinski definition) is 4. The number of amides is 1. The van der Waals surface area contributed by atoms with Crippen LogP contribution in [0.4, 0.5) is 5.69 Å². The number of nitrogens with one attached hydrogen (secondary N) is 2. The fourth-order valence-corrected chi connectivity index (χ4v) is 3.04. The van der Waals surface area contributed by atoms with E-state index >= 15 is 0 Å². The maximum absolute atomic E-state index is 12.2. The van der Waals surface area contributed by atoms with Gasteiger partial charge in [-0.25, -0.2) is 4.98 Å². The Hall–Kier alpha value is -2.31. The van der Waals surface area contributed by atoms with Gasteiger partial charge < -0.3 is 5.32 Å². The van der Waals surface area contributed by atoms with E-state index in [1.807, 2.05) is 36.4 Å². The van der Waals surface area contributed by atoms with Crippen LogP contribution >= 0.6 is 23.4 Å². The van der Waals surface area contributed by atoms with Crippen molar-refractivity contribution in [3.05, 3.63) is 59.1 Å².